The normalized spacial score (nSPS) is 19.3. The van der Waals surface area contributed by atoms with Gasteiger partial charge in [-0.2, -0.15) is 0 Å². The average molecular weight is 250 g/mol. The van der Waals surface area contributed by atoms with Crippen molar-refractivity contribution in [2.75, 3.05) is 37.5 Å². The molecule has 0 bridgehead atoms. The second-order valence-corrected chi connectivity index (χ2v) is 4.72. The lowest BCUT2D eigenvalue weighted by Gasteiger charge is -2.18. The van der Waals surface area contributed by atoms with Crippen molar-refractivity contribution in [2.45, 2.75) is 26.4 Å². The van der Waals surface area contributed by atoms with Crippen LogP contribution in [0.25, 0.3) is 0 Å². The van der Waals surface area contributed by atoms with E-state index in [0.29, 0.717) is 6.61 Å². The summed E-state index contributed by atoms with van der Waals surface area (Å²) in [5.74, 6) is 3.40. The minimum Gasteiger partial charge on any atom is -0.377 e. The molecule has 0 aromatic carbocycles. The van der Waals surface area contributed by atoms with Gasteiger partial charge in [-0.15, -0.1) is 0 Å². The van der Waals surface area contributed by atoms with Crippen molar-refractivity contribution in [3.8, 4) is 0 Å². The van der Waals surface area contributed by atoms with Gasteiger partial charge in [0.1, 0.15) is 18.2 Å². The van der Waals surface area contributed by atoms with Gasteiger partial charge in [0, 0.05) is 33.3 Å². The third-order valence-electron chi connectivity index (χ3n) is 3.48. The van der Waals surface area contributed by atoms with E-state index in [9.17, 15) is 0 Å². The first-order valence-electron chi connectivity index (χ1n) is 6.56. The summed E-state index contributed by atoms with van der Waals surface area (Å²) in [5, 5.41) is 3.08. The first-order valence-corrected chi connectivity index (χ1v) is 6.56. The van der Waals surface area contributed by atoms with Crippen LogP contribution in [-0.4, -0.2) is 37.2 Å². The van der Waals surface area contributed by atoms with Gasteiger partial charge in [0.15, 0.2) is 5.82 Å². The fraction of sp³-hybridized carbons (Fsp3) is 0.692. The number of rotatable bonds is 5. The van der Waals surface area contributed by atoms with Gasteiger partial charge in [-0.05, 0) is 12.3 Å². The predicted molar refractivity (Wildman–Crippen MR) is 72.9 cm³/mol. The Morgan fingerprint density at radius 2 is 2.33 bits per heavy atom. The van der Waals surface area contributed by atoms with Crippen LogP contribution < -0.4 is 10.2 Å². The molecule has 0 spiro atoms. The zero-order chi connectivity index (χ0) is 13.0. The zero-order valence-electron chi connectivity index (χ0n) is 11.4. The first-order chi connectivity index (χ1) is 8.76. The molecule has 1 aliphatic rings. The second kappa shape index (κ2) is 6.00. The lowest BCUT2D eigenvalue weighted by Crippen LogP contribution is -2.21. The maximum atomic E-state index is 5.12. The van der Waals surface area contributed by atoms with Crippen molar-refractivity contribution in [3.63, 3.8) is 0 Å². The highest BCUT2D eigenvalue weighted by Crippen LogP contribution is 2.25. The van der Waals surface area contributed by atoms with Gasteiger partial charge < -0.3 is 15.0 Å². The van der Waals surface area contributed by atoms with Gasteiger partial charge in [0.25, 0.3) is 0 Å². The van der Waals surface area contributed by atoms with Crippen molar-refractivity contribution >= 4 is 11.6 Å². The van der Waals surface area contributed by atoms with Gasteiger partial charge in [-0.3, -0.25) is 0 Å². The number of aromatic nitrogens is 2. The van der Waals surface area contributed by atoms with Crippen molar-refractivity contribution < 1.29 is 4.74 Å². The minimum absolute atomic E-state index is 0.452. The number of anilines is 2. The zero-order valence-corrected chi connectivity index (χ0v) is 11.4. The highest BCUT2D eigenvalue weighted by atomic mass is 16.5. The number of hydrogen-bond acceptors (Lipinski definition) is 5. The molecule has 18 heavy (non-hydrogen) atoms. The molecule has 1 N–H and O–H groups in total. The summed E-state index contributed by atoms with van der Waals surface area (Å²) in [6, 6.07) is 2.01. The molecule has 1 aromatic heterocycles. The molecule has 2 rings (SSSR count). The van der Waals surface area contributed by atoms with Gasteiger partial charge in [-0.25, -0.2) is 9.97 Å². The van der Waals surface area contributed by atoms with Crippen LogP contribution in [0.15, 0.2) is 6.07 Å². The van der Waals surface area contributed by atoms with Crippen LogP contribution in [-0.2, 0) is 11.3 Å². The quantitative estimate of drug-likeness (QED) is 0.865. The van der Waals surface area contributed by atoms with E-state index in [0.717, 1.165) is 36.5 Å². The fourth-order valence-corrected chi connectivity index (χ4v) is 2.34. The van der Waals surface area contributed by atoms with E-state index in [1.165, 1.54) is 12.8 Å². The maximum absolute atomic E-state index is 5.12. The summed E-state index contributed by atoms with van der Waals surface area (Å²) in [6.45, 7) is 4.89. The Morgan fingerprint density at radius 1 is 1.50 bits per heavy atom. The molecule has 0 saturated carbocycles. The second-order valence-electron chi connectivity index (χ2n) is 4.72. The molecule has 5 nitrogen and oxygen atoms in total. The molecule has 1 saturated heterocycles. The molecule has 1 unspecified atom stereocenters. The van der Waals surface area contributed by atoms with Crippen LogP contribution >= 0.6 is 0 Å². The summed E-state index contributed by atoms with van der Waals surface area (Å²) in [5.41, 5.74) is 0. The molecule has 1 aliphatic heterocycles. The Balaban J connectivity index is 2.18. The molecular formula is C13H22N4O. The lowest BCUT2D eigenvalue weighted by atomic mass is 10.1. The van der Waals surface area contributed by atoms with E-state index in [1.807, 2.05) is 13.1 Å². The third-order valence-corrected chi connectivity index (χ3v) is 3.48. The molecular weight excluding hydrogens is 228 g/mol. The molecule has 1 fully saturated rings. The lowest BCUT2D eigenvalue weighted by molar-refractivity contribution is 0.178. The van der Waals surface area contributed by atoms with E-state index in [1.54, 1.807) is 7.11 Å². The van der Waals surface area contributed by atoms with E-state index in [2.05, 4.69) is 27.1 Å². The van der Waals surface area contributed by atoms with E-state index in [-0.39, 0.29) is 0 Å². The standard InChI is InChI=1S/C13H22N4O/c1-4-10-5-6-17(8-10)13-7-11(14-2)15-12(16-13)9-18-3/h7,10H,4-6,8-9H2,1-3H3,(H,14,15,16). The highest BCUT2D eigenvalue weighted by molar-refractivity contribution is 5.49. The molecule has 1 aromatic rings. The topological polar surface area (TPSA) is 50.3 Å². The molecule has 0 aliphatic carbocycles. The summed E-state index contributed by atoms with van der Waals surface area (Å²) in [6.07, 6.45) is 2.50. The van der Waals surface area contributed by atoms with Gasteiger partial charge >= 0.3 is 0 Å². The maximum Gasteiger partial charge on any atom is 0.158 e. The highest BCUT2D eigenvalue weighted by Gasteiger charge is 2.22. The molecule has 0 amide bonds. The summed E-state index contributed by atoms with van der Waals surface area (Å²) in [4.78, 5) is 11.3. The Labute approximate surface area is 109 Å². The predicted octanol–water partition coefficient (Wildman–Crippen LogP) is 1.90. The number of nitrogens with zero attached hydrogens (tertiary/aromatic N) is 3. The molecule has 1 atom stereocenters. The number of ether oxygens (including phenoxy) is 1. The van der Waals surface area contributed by atoms with E-state index in [4.69, 9.17) is 4.74 Å². The summed E-state index contributed by atoms with van der Waals surface area (Å²) >= 11 is 0. The summed E-state index contributed by atoms with van der Waals surface area (Å²) < 4.78 is 5.12. The van der Waals surface area contributed by atoms with E-state index >= 15 is 0 Å². The first kappa shape index (κ1) is 13.1. The third kappa shape index (κ3) is 2.90. The Hall–Kier alpha value is -1.36. The number of nitrogens with one attached hydrogen (secondary N) is 1. The monoisotopic (exact) mass is 250 g/mol. The van der Waals surface area contributed by atoms with Crippen LogP contribution in [0.1, 0.15) is 25.6 Å². The van der Waals surface area contributed by atoms with Crippen LogP contribution in [0.2, 0.25) is 0 Å². The Kier molecular flexibility index (Phi) is 4.36. The van der Waals surface area contributed by atoms with Crippen molar-refractivity contribution in [2.24, 2.45) is 5.92 Å². The van der Waals surface area contributed by atoms with Crippen LogP contribution in [0.3, 0.4) is 0 Å². The largest absolute Gasteiger partial charge is 0.377 e. The smallest absolute Gasteiger partial charge is 0.158 e. The summed E-state index contributed by atoms with van der Waals surface area (Å²) in [7, 11) is 3.54. The fourth-order valence-electron chi connectivity index (χ4n) is 2.34. The number of hydrogen-bond donors (Lipinski definition) is 1. The SMILES string of the molecule is CCC1CCN(c2cc(NC)nc(COC)n2)C1. The van der Waals surface area contributed by atoms with Crippen molar-refractivity contribution in [1.29, 1.82) is 0 Å². The van der Waals surface area contributed by atoms with Crippen LogP contribution in [0.5, 0.6) is 0 Å². The Bertz CT molecular complexity index is 397. The van der Waals surface area contributed by atoms with Crippen molar-refractivity contribution in [1.82, 2.24) is 9.97 Å². The van der Waals surface area contributed by atoms with Gasteiger partial charge in [-0.1, -0.05) is 13.3 Å². The minimum atomic E-state index is 0.452. The van der Waals surface area contributed by atoms with Crippen molar-refractivity contribution in [3.05, 3.63) is 11.9 Å². The molecule has 2 heterocycles. The molecule has 0 radical (unpaired) electrons. The Morgan fingerprint density at radius 3 is 2.94 bits per heavy atom. The van der Waals surface area contributed by atoms with Gasteiger partial charge in [0.2, 0.25) is 0 Å². The molecule has 100 valence electrons. The van der Waals surface area contributed by atoms with Crippen LogP contribution in [0.4, 0.5) is 11.6 Å². The molecule has 5 heteroatoms. The average Bonchev–Trinajstić information content (AvgIpc) is 2.87. The van der Waals surface area contributed by atoms with Gasteiger partial charge in [0.05, 0.1) is 0 Å². The number of methoxy groups -OCH3 is 1. The van der Waals surface area contributed by atoms with Crippen LogP contribution in [0, 0.1) is 5.92 Å². The van der Waals surface area contributed by atoms with E-state index < -0.39 is 0 Å².